The van der Waals surface area contributed by atoms with Crippen LogP contribution in [0.3, 0.4) is 0 Å². The van der Waals surface area contributed by atoms with E-state index in [2.05, 4.69) is 34.3 Å². The maximum absolute atomic E-state index is 13.5. The molecule has 6 nitrogen and oxygen atoms in total. The fourth-order valence-electron chi connectivity index (χ4n) is 5.87. The van der Waals surface area contributed by atoms with Gasteiger partial charge in [0.2, 0.25) is 5.91 Å². The van der Waals surface area contributed by atoms with Gasteiger partial charge in [0.15, 0.2) is 0 Å². The fraction of sp³-hybridized carbons (Fsp3) is 0.542. The van der Waals surface area contributed by atoms with Crippen molar-refractivity contribution in [3.63, 3.8) is 0 Å². The second kappa shape index (κ2) is 7.56. The Morgan fingerprint density at radius 1 is 1.10 bits per heavy atom. The van der Waals surface area contributed by atoms with E-state index in [1.54, 1.807) is 6.92 Å². The van der Waals surface area contributed by atoms with Crippen molar-refractivity contribution in [1.82, 2.24) is 15.0 Å². The van der Waals surface area contributed by atoms with Crippen LogP contribution < -0.4 is 0 Å². The lowest BCUT2D eigenvalue weighted by atomic mass is 9.59. The molecule has 5 rings (SSSR count). The molecular formula is C24H29N3O3. The van der Waals surface area contributed by atoms with Crippen molar-refractivity contribution >= 4 is 11.8 Å². The van der Waals surface area contributed by atoms with Crippen LogP contribution in [0, 0.1) is 12.3 Å². The Bertz CT molecular complexity index is 924. The lowest BCUT2D eigenvalue weighted by molar-refractivity contribution is -0.186. The van der Waals surface area contributed by atoms with E-state index in [0.29, 0.717) is 30.3 Å². The van der Waals surface area contributed by atoms with E-state index in [9.17, 15) is 9.59 Å². The summed E-state index contributed by atoms with van der Waals surface area (Å²) in [4.78, 5) is 30.3. The first-order valence-corrected chi connectivity index (χ1v) is 11.2. The van der Waals surface area contributed by atoms with E-state index in [1.807, 2.05) is 11.0 Å². The number of aromatic nitrogens is 1. The van der Waals surface area contributed by atoms with Gasteiger partial charge in [-0.2, -0.15) is 0 Å². The number of carbonyl (C=O) groups is 2. The third-order valence-corrected chi connectivity index (χ3v) is 7.45. The van der Waals surface area contributed by atoms with Gasteiger partial charge in [-0.25, -0.2) is 0 Å². The van der Waals surface area contributed by atoms with Gasteiger partial charge in [0, 0.05) is 19.1 Å². The zero-order valence-electron chi connectivity index (χ0n) is 17.5. The highest BCUT2D eigenvalue weighted by atomic mass is 16.5. The van der Waals surface area contributed by atoms with Crippen molar-refractivity contribution in [2.24, 2.45) is 5.41 Å². The molecule has 6 heteroatoms. The maximum Gasteiger partial charge on any atom is 0.259 e. The number of nitrogens with zero attached hydrogens (tertiary/aromatic N) is 3. The zero-order valence-corrected chi connectivity index (χ0v) is 17.5. The smallest absolute Gasteiger partial charge is 0.259 e. The van der Waals surface area contributed by atoms with Gasteiger partial charge < -0.3 is 14.3 Å². The summed E-state index contributed by atoms with van der Waals surface area (Å²) in [6.45, 7) is 3.11. The summed E-state index contributed by atoms with van der Waals surface area (Å²) in [5.74, 6) is 0.321. The Balaban J connectivity index is 1.33. The number of β-lactam (4-membered cyclic amide) rings is 1. The lowest BCUT2D eigenvalue weighted by Gasteiger charge is -2.61. The maximum atomic E-state index is 13.5. The molecule has 3 fully saturated rings. The summed E-state index contributed by atoms with van der Waals surface area (Å²) < 4.78 is 4.93. The predicted octanol–water partition coefficient (Wildman–Crippen LogP) is 4.12. The highest BCUT2D eigenvalue weighted by Crippen LogP contribution is 2.59. The molecule has 1 atom stereocenters. The number of benzene rings is 1. The van der Waals surface area contributed by atoms with Crippen molar-refractivity contribution in [2.45, 2.75) is 64.0 Å². The molecule has 2 saturated heterocycles. The van der Waals surface area contributed by atoms with Gasteiger partial charge in [0.25, 0.3) is 5.91 Å². The van der Waals surface area contributed by atoms with Crippen LogP contribution in [0.1, 0.15) is 72.6 Å². The second-order valence-electron chi connectivity index (χ2n) is 9.08. The molecule has 1 unspecified atom stereocenters. The second-order valence-corrected chi connectivity index (χ2v) is 9.08. The average Bonchev–Trinajstić information content (AvgIpc) is 3.23. The Labute approximate surface area is 177 Å². The molecule has 1 spiro atoms. The van der Waals surface area contributed by atoms with Gasteiger partial charge in [-0.3, -0.25) is 9.59 Å². The SMILES string of the molecule is Cc1nocc1C(=O)N1CCC(N2C(=O)C3(CCCCC3)C2c2ccccc2)CC1. The molecule has 3 heterocycles. The van der Waals surface area contributed by atoms with Crippen LogP contribution in [0.5, 0.6) is 0 Å². The van der Waals surface area contributed by atoms with Gasteiger partial charge in [0.05, 0.1) is 17.2 Å². The Hall–Kier alpha value is -2.63. The van der Waals surface area contributed by atoms with Crippen LogP contribution in [0.4, 0.5) is 0 Å². The third kappa shape index (κ3) is 2.96. The van der Waals surface area contributed by atoms with Crippen LogP contribution in [0.15, 0.2) is 41.1 Å². The van der Waals surface area contributed by atoms with Crippen LogP contribution in [0.25, 0.3) is 0 Å². The molecule has 30 heavy (non-hydrogen) atoms. The van der Waals surface area contributed by atoms with Crippen LogP contribution >= 0.6 is 0 Å². The van der Waals surface area contributed by atoms with E-state index >= 15 is 0 Å². The number of carbonyl (C=O) groups excluding carboxylic acids is 2. The number of rotatable bonds is 3. The molecule has 0 bridgehead atoms. The summed E-state index contributed by atoms with van der Waals surface area (Å²) >= 11 is 0. The van der Waals surface area contributed by atoms with E-state index in [-0.39, 0.29) is 23.4 Å². The summed E-state index contributed by atoms with van der Waals surface area (Å²) in [5, 5.41) is 3.82. The average molecular weight is 408 g/mol. The normalized spacial score (nSPS) is 24.2. The molecule has 1 aromatic carbocycles. The molecule has 3 aliphatic rings. The van der Waals surface area contributed by atoms with Crippen molar-refractivity contribution in [3.05, 3.63) is 53.4 Å². The van der Waals surface area contributed by atoms with Gasteiger partial charge in [-0.05, 0) is 38.2 Å². The third-order valence-electron chi connectivity index (χ3n) is 7.45. The Morgan fingerprint density at radius 2 is 1.80 bits per heavy atom. The molecule has 1 aromatic heterocycles. The van der Waals surface area contributed by atoms with Gasteiger partial charge in [0.1, 0.15) is 11.8 Å². The number of likely N-dealkylation sites (tertiary alicyclic amines) is 2. The largest absolute Gasteiger partial charge is 0.364 e. The zero-order chi connectivity index (χ0) is 20.7. The van der Waals surface area contributed by atoms with Crippen molar-refractivity contribution < 1.29 is 14.1 Å². The van der Waals surface area contributed by atoms with E-state index in [1.165, 1.54) is 18.2 Å². The molecule has 158 valence electrons. The highest BCUT2D eigenvalue weighted by Gasteiger charge is 2.62. The molecule has 0 radical (unpaired) electrons. The first-order chi connectivity index (χ1) is 14.6. The number of hydrogen-bond acceptors (Lipinski definition) is 4. The quantitative estimate of drug-likeness (QED) is 0.718. The number of aryl methyl sites for hydroxylation is 1. The minimum Gasteiger partial charge on any atom is -0.364 e. The minimum atomic E-state index is -0.202. The number of amides is 2. The molecule has 2 aliphatic heterocycles. The molecule has 0 N–H and O–H groups in total. The first kappa shape index (κ1) is 19.3. The summed E-state index contributed by atoms with van der Waals surface area (Å²) in [6.07, 6.45) is 8.61. The van der Waals surface area contributed by atoms with Crippen LogP contribution in [-0.4, -0.2) is 45.9 Å². The van der Waals surface area contributed by atoms with Gasteiger partial charge >= 0.3 is 0 Å². The summed E-state index contributed by atoms with van der Waals surface area (Å²) in [5.41, 5.74) is 2.23. The summed E-state index contributed by atoms with van der Waals surface area (Å²) in [7, 11) is 0. The topological polar surface area (TPSA) is 66.7 Å². The van der Waals surface area contributed by atoms with Crippen molar-refractivity contribution in [2.75, 3.05) is 13.1 Å². The Kier molecular flexibility index (Phi) is 4.88. The van der Waals surface area contributed by atoms with E-state index < -0.39 is 0 Å². The van der Waals surface area contributed by atoms with Crippen LogP contribution in [-0.2, 0) is 4.79 Å². The highest BCUT2D eigenvalue weighted by molar-refractivity contribution is 5.95. The first-order valence-electron chi connectivity index (χ1n) is 11.2. The minimum absolute atomic E-state index is 0.0227. The summed E-state index contributed by atoms with van der Waals surface area (Å²) in [6, 6.07) is 10.9. The molecule has 2 amide bonds. The standard InChI is InChI=1S/C24H29N3O3/c1-17-20(16-30-25-17)22(28)26-14-10-19(11-15-26)27-21(18-8-4-2-5-9-18)24(23(27)29)12-6-3-7-13-24/h2,4-5,8-9,16,19,21H,3,6-7,10-15H2,1H3. The van der Waals surface area contributed by atoms with Crippen molar-refractivity contribution in [1.29, 1.82) is 0 Å². The molecule has 2 aromatic rings. The van der Waals surface area contributed by atoms with E-state index in [0.717, 1.165) is 38.5 Å². The van der Waals surface area contributed by atoms with E-state index in [4.69, 9.17) is 4.52 Å². The molecule has 1 aliphatic carbocycles. The monoisotopic (exact) mass is 407 g/mol. The fourth-order valence-corrected chi connectivity index (χ4v) is 5.87. The lowest BCUT2D eigenvalue weighted by Crippen LogP contribution is -2.67. The number of hydrogen-bond donors (Lipinski definition) is 0. The van der Waals surface area contributed by atoms with Crippen molar-refractivity contribution in [3.8, 4) is 0 Å². The van der Waals surface area contributed by atoms with Gasteiger partial charge in [-0.1, -0.05) is 54.8 Å². The number of piperidine rings is 1. The Morgan fingerprint density at radius 3 is 2.43 bits per heavy atom. The molecule has 1 saturated carbocycles. The predicted molar refractivity (Wildman–Crippen MR) is 112 cm³/mol. The van der Waals surface area contributed by atoms with Gasteiger partial charge in [-0.15, -0.1) is 0 Å². The van der Waals surface area contributed by atoms with Crippen LogP contribution in [0.2, 0.25) is 0 Å². The molecular weight excluding hydrogens is 378 g/mol.